The van der Waals surface area contributed by atoms with Crippen LogP contribution < -0.4 is 9.47 Å². The van der Waals surface area contributed by atoms with Crippen molar-refractivity contribution < 1.29 is 9.47 Å². The second-order valence-corrected chi connectivity index (χ2v) is 9.37. The summed E-state index contributed by atoms with van der Waals surface area (Å²) < 4.78 is 11.6. The number of nitrogens with zero attached hydrogens (tertiary/aromatic N) is 2. The molecule has 0 aliphatic heterocycles. The van der Waals surface area contributed by atoms with Crippen LogP contribution in [0.3, 0.4) is 0 Å². The van der Waals surface area contributed by atoms with Gasteiger partial charge in [-0.2, -0.15) is 0 Å². The molecule has 0 N–H and O–H groups in total. The smallest absolute Gasteiger partial charge is 0.205 e. The predicted octanol–water partition coefficient (Wildman–Crippen LogP) is 7.97. The first-order valence-corrected chi connectivity index (χ1v) is 14.1. The fraction of sp³-hybridized carbons (Fsp3) is 0.412. The lowest BCUT2D eigenvalue weighted by Gasteiger charge is -2.05. The van der Waals surface area contributed by atoms with Gasteiger partial charge in [0.2, 0.25) is 5.82 Å². The second kappa shape index (κ2) is 17.7. The molecule has 0 atom stereocenters. The summed E-state index contributed by atoms with van der Waals surface area (Å²) in [4.78, 5) is 8.67. The fourth-order valence-corrected chi connectivity index (χ4v) is 3.79. The Labute approximate surface area is 229 Å². The SMILES string of the molecule is CCCCCCCOc1ccc(C#Cc2cnc(C#Cc3ccc(OCCCCCCC)cc3)nc2)cc1. The van der Waals surface area contributed by atoms with Crippen molar-refractivity contribution in [1.29, 1.82) is 0 Å². The van der Waals surface area contributed by atoms with E-state index in [0.29, 0.717) is 5.82 Å². The summed E-state index contributed by atoms with van der Waals surface area (Å²) in [5.41, 5.74) is 2.57. The van der Waals surface area contributed by atoms with Gasteiger partial charge in [-0.25, -0.2) is 9.97 Å². The molecule has 38 heavy (non-hydrogen) atoms. The quantitative estimate of drug-likeness (QED) is 0.164. The van der Waals surface area contributed by atoms with Gasteiger partial charge in [0.1, 0.15) is 11.5 Å². The van der Waals surface area contributed by atoms with Gasteiger partial charge in [-0.1, -0.05) is 83.0 Å². The molecule has 1 aromatic heterocycles. The van der Waals surface area contributed by atoms with Crippen molar-refractivity contribution in [3.05, 3.63) is 83.4 Å². The van der Waals surface area contributed by atoms with E-state index in [1.54, 1.807) is 12.4 Å². The first kappa shape index (κ1) is 28.8. The van der Waals surface area contributed by atoms with Gasteiger partial charge in [0.05, 0.1) is 18.8 Å². The molecule has 0 saturated heterocycles. The molecule has 0 bridgehead atoms. The maximum absolute atomic E-state index is 5.82. The topological polar surface area (TPSA) is 44.2 Å². The fourth-order valence-electron chi connectivity index (χ4n) is 3.79. The summed E-state index contributed by atoms with van der Waals surface area (Å²) >= 11 is 0. The Morgan fingerprint density at radius 1 is 0.500 bits per heavy atom. The highest BCUT2D eigenvalue weighted by Gasteiger charge is 1.97. The zero-order valence-electron chi connectivity index (χ0n) is 23.0. The molecule has 0 saturated carbocycles. The van der Waals surface area contributed by atoms with Crippen LogP contribution in [0.25, 0.3) is 0 Å². The Hall–Kier alpha value is -3.76. The average molecular weight is 509 g/mol. The molecule has 0 aliphatic rings. The molecule has 3 rings (SSSR count). The average Bonchev–Trinajstić information content (AvgIpc) is 2.96. The minimum atomic E-state index is 0.471. The molecule has 4 nitrogen and oxygen atoms in total. The van der Waals surface area contributed by atoms with Crippen LogP contribution in [-0.4, -0.2) is 23.2 Å². The lowest BCUT2D eigenvalue weighted by molar-refractivity contribution is 0.304. The maximum Gasteiger partial charge on any atom is 0.205 e. The van der Waals surface area contributed by atoms with Crippen LogP contribution in [0.2, 0.25) is 0 Å². The molecule has 0 fully saturated rings. The molecule has 2 aromatic carbocycles. The predicted molar refractivity (Wildman–Crippen MR) is 155 cm³/mol. The summed E-state index contributed by atoms with van der Waals surface area (Å²) in [5, 5.41) is 0. The molecule has 0 spiro atoms. The highest BCUT2D eigenvalue weighted by Crippen LogP contribution is 2.14. The van der Waals surface area contributed by atoms with E-state index in [4.69, 9.17) is 9.47 Å². The third-order valence-electron chi connectivity index (χ3n) is 6.06. The number of aromatic nitrogens is 2. The molecule has 198 valence electrons. The molecule has 1 heterocycles. The third kappa shape index (κ3) is 11.5. The standard InChI is InChI=1S/C34H40N2O2/c1-3-5-7-9-11-25-37-32-20-15-29(16-21-32)13-14-31-27-35-34(36-28-31)24-19-30-17-22-33(23-18-30)38-26-12-10-8-6-4-2/h15-18,20-23,27-28H,3-12,25-26H2,1-2H3. The third-order valence-corrected chi connectivity index (χ3v) is 6.06. The zero-order chi connectivity index (χ0) is 26.7. The molecular weight excluding hydrogens is 468 g/mol. The summed E-state index contributed by atoms with van der Waals surface area (Å²) in [5.74, 6) is 14.6. The van der Waals surface area contributed by atoms with Crippen LogP contribution >= 0.6 is 0 Å². The van der Waals surface area contributed by atoms with Gasteiger partial charge >= 0.3 is 0 Å². The van der Waals surface area contributed by atoms with Crippen molar-refractivity contribution in [1.82, 2.24) is 9.97 Å². The minimum Gasteiger partial charge on any atom is -0.494 e. The Morgan fingerprint density at radius 3 is 1.39 bits per heavy atom. The normalized spacial score (nSPS) is 10.2. The zero-order valence-corrected chi connectivity index (χ0v) is 23.0. The first-order chi connectivity index (χ1) is 18.8. The summed E-state index contributed by atoms with van der Waals surface area (Å²) in [6.45, 7) is 5.98. The number of unbranched alkanes of at least 4 members (excludes halogenated alkanes) is 8. The van der Waals surface area contributed by atoms with Crippen LogP contribution in [0.4, 0.5) is 0 Å². The lowest BCUT2D eigenvalue weighted by atomic mass is 10.2. The lowest BCUT2D eigenvalue weighted by Crippen LogP contribution is -1.97. The Kier molecular flexibility index (Phi) is 13.4. The van der Waals surface area contributed by atoms with Crippen LogP contribution in [0.1, 0.15) is 101 Å². The van der Waals surface area contributed by atoms with Gasteiger partial charge in [-0.15, -0.1) is 0 Å². The van der Waals surface area contributed by atoms with Crippen molar-refractivity contribution in [2.24, 2.45) is 0 Å². The van der Waals surface area contributed by atoms with Crippen molar-refractivity contribution in [3.8, 4) is 35.2 Å². The van der Waals surface area contributed by atoms with E-state index in [-0.39, 0.29) is 0 Å². The summed E-state index contributed by atoms with van der Waals surface area (Å²) in [7, 11) is 0. The van der Waals surface area contributed by atoms with Gasteiger partial charge in [0.15, 0.2) is 0 Å². The maximum atomic E-state index is 5.82. The Balaban J connectivity index is 1.43. The Bertz CT molecular complexity index is 1080. The van der Waals surface area contributed by atoms with Crippen molar-refractivity contribution in [3.63, 3.8) is 0 Å². The first-order valence-electron chi connectivity index (χ1n) is 14.1. The highest BCUT2D eigenvalue weighted by molar-refractivity contribution is 5.44. The number of hydrogen-bond acceptors (Lipinski definition) is 4. The number of ether oxygens (including phenoxy) is 2. The molecule has 0 amide bonds. The van der Waals surface area contributed by atoms with Gasteiger partial charge in [-0.3, -0.25) is 0 Å². The van der Waals surface area contributed by atoms with Crippen molar-refractivity contribution >= 4 is 0 Å². The van der Waals surface area contributed by atoms with Gasteiger partial charge in [0, 0.05) is 23.5 Å². The summed E-state index contributed by atoms with van der Waals surface area (Å²) in [6.07, 6.45) is 15.8. The van der Waals surface area contributed by atoms with E-state index in [9.17, 15) is 0 Å². The Morgan fingerprint density at radius 2 is 0.921 bits per heavy atom. The van der Waals surface area contributed by atoms with Gasteiger partial charge in [0.25, 0.3) is 0 Å². The van der Waals surface area contributed by atoms with Crippen LogP contribution in [0.15, 0.2) is 60.9 Å². The van der Waals surface area contributed by atoms with Crippen molar-refractivity contribution in [2.75, 3.05) is 13.2 Å². The molecule has 0 unspecified atom stereocenters. The van der Waals surface area contributed by atoms with E-state index in [1.807, 2.05) is 48.5 Å². The van der Waals surface area contributed by atoms with Gasteiger partial charge < -0.3 is 9.47 Å². The van der Waals surface area contributed by atoms with E-state index in [2.05, 4.69) is 47.5 Å². The molecule has 3 aromatic rings. The van der Waals surface area contributed by atoms with Crippen LogP contribution in [0.5, 0.6) is 11.5 Å². The molecule has 0 radical (unpaired) electrons. The monoisotopic (exact) mass is 508 g/mol. The highest BCUT2D eigenvalue weighted by atomic mass is 16.5. The number of hydrogen-bond donors (Lipinski definition) is 0. The van der Waals surface area contributed by atoms with E-state index in [1.165, 1.54) is 51.4 Å². The number of benzene rings is 2. The van der Waals surface area contributed by atoms with Gasteiger partial charge in [-0.05, 0) is 67.3 Å². The van der Waals surface area contributed by atoms with E-state index >= 15 is 0 Å². The van der Waals surface area contributed by atoms with Crippen LogP contribution in [0, 0.1) is 23.7 Å². The largest absolute Gasteiger partial charge is 0.494 e. The molecule has 4 heteroatoms. The van der Waals surface area contributed by atoms with E-state index < -0.39 is 0 Å². The summed E-state index contributed by atoms with van der Waals surface area (Å²) in [6, 6.07) is 15.7. The van der Waals surface area contributed by atoms with E-state index in [0.717, 1.165) is 54.2 Å². The molecule has 0 aliphatic carbocycles. The van der Waals surface area contributed by atoms with Crippen LogP contribution in [-0.2, 0) is 0 Å². The number of rotatable bonds is 14. The minimum absolute atomic E-state index is 0.471. The van der Waals surface area contributed by atoms with Crippen molar-refractivity contribution in [2.45, 2.75) is 78.1 Å². The molecular formula is C34H40N2O2. The second-order valence-electron chi connectivity index (χ2n) is 9.37.